The summed E-state index contributed by atoms with van der Waals surface area (Å²) in [5.41, 5.74) is 3.81. The van der Waals surface area contributed by atoms with Crippen LogP contribution < -0.4 is 4.90 Å². The van der Waals surface area contributed by atoms with Crippen molar-refractivity contribution >= 4 is 63.8 Å². The molecule has 0 unspecified atom stereocenters. The Bertz CT molecular complexity index is 973. The summed E-state index contributed by atoms with van der Waals surface area (Å²) in [4.78, 5) is 18.1. The monoisotopic (exact) mass is 379 g/mol. The topological polar surface area (TPSA) is 38.1 Å². The highest BCUT2D eigenvalue weighted by Crippen LogP contribution is 2.41. The van der Waals surface area contributed by atoms with E-state index < -0.39 is 0 Å². The first kappa shape index (κ1) is 15.8. The second-order valence-electron chi connectivity index (χ2n) is 5.72. The molecule has 1 aliphatic heterocycles. The van der Waals surface area contributed by atoms with Gasteiger partial charge < -0.3 is 9.47 Å². The average molecular weight is 381 g/mol. The largest absolute Gasteiger partial charge is 0.308 e. The number of aryl methyl sites for hydroxylation is 1. The fraction of sp³-hybridized carbons (Fsp3) is 0.176. The maximum Gasteiger partial charge on any atom is 0.211 e. The quantitative estimate of drug-likeness (QED) is 0.568. The fourth-order valence-corrected chi connectivity index (χ4v) is 4.17. The second-order valence-corrected chi connectivity index (χ2v) is 6.97. The second kappa shape index (κ2) is 5.66. The van der Waals surface area contributed by atoms with Gasteiger partial charge in [-0.1, -0.05) is 34.8 Å². The molecule has 24 heavy (non-hydrogen) atoms. The number of benzene rings is 2. The molecule has 0 N–H and O–H groups in total. The van der Waals surface area contributed by atoms with Gasteiger partial charge >= 0.3 is 0 Å². The summed E-state index contributed by atoms with van der Waals surface area (Å²) in [6.07, 6.45) is 0.830. The Balaban J connectivity index is 1.97. The number of fused-ring (bicyclic) bond motifs is 3. The number of nitrogens with zero attached hydrogens (tertiary/aromatic N) is 3. The zero-order valence-corrected chi connectivity index (χ0v) is 15.0. The van der Waals surface area contributed by atoms with Gasteiger partial charge in [0.25, 0.3) is 0 Å². The molecule has 1 aliphatic rings. The number of rotatable bonds is 2. The molecule has 0 saturated carbocycles. The molecule has 0 atom stereocenters. The van der Waals surface area contributed by atoms with Crippen LogP contribution in [0, 0.1) is 6.92 Å². The van der Waals surface area contributed by atoms with E-state index in [0.717, 1.165) is 29.0 Å². The van der Waals surface area contributed by atoms with Crippen LogP contribution in [0.15, 0.2) is 24.3 Å². The number of carbonyl (C=O) groups excluding carboxylic acids is 1. The molecule has 4 rings (SSSR count). The lowest BCUT2D eigenvalue weighted by Crippen LogP contribution is -2.16. The third-order valence-corrected chi connectivity index (χ3v) is 5.07. The number of carbonyl (C=O) groups is 1. The maximum atomic E-state index is 11.4. The van der Waals surface area contributed by atoms with E-state index in [4.69, 9.17) is 34.8 Å². The Labute approximate surface area is 153 Å². The van der Waals surface area contributed by atoms with Gasteiger partial charge in [-0.05, 0) is 36.8 Å². The fourth-order valence-electron chi connectivity index (χ4n) is 3.28. The summed E-state index contributed by atoms with van der Waals surface area (Å²) >= 11 is 18.8. The van der Waals surface area contributed by atoms with Crippen LogP contribution in [0.4, 0.5) is 11.6 Å². The van der Waals surface area contributed by atoms with Crippen LogP contribution in [0.2, 0.25) is 15.1 Å². The summed E-state index contributed by atoms with van der Waals surface area (Å²) in [7, 11) is 0. The predicted molar refractivity (Wildman–Crippen MR) is 98.3 cm³/mol. The summed E-state index contributed by atoms with van der Waals surface area (Å²) in [5.74, 6) is 0.730. The van der Waals surface area contributed by atoms with Crippen molar-refractivity contribution < 1.29 is 4.79 Å². The van der Waals surface area contributed by atoms with E-state index >= 15 is 0 Å². The molecule has 122 valence electrons. The molecule has 2 aromatic carbocycles. The van der Waals surface area contributed by atoms with Crippen molar-refractivity contribution in [3.05, 3.63) is 50.5 Å². The zero-order chi connectivity index (χ0) is 17.0. The lowest BCUT2D eigenvalue weighted by Gasteiger charge is -2.20. The van der Waals surface area contributed by atoms with E-state index in [1.54, 1.807) is 18.2 Å². The predicted octanol–water partition coefficient (Wildman–Crippen LogP) is 5.27. The van der Waals surface area contributed by atoms with Crippen molar-refractivity contribution in [2.24, 2.45) is 0 Å². The molecule has 0 aliphatic carbocycles. The van der Waals surface area contributed by atoms with Gasteiger partial charge in [0.05, 0.1) is 21.2 Å². The molecule has 1 aromatic heterocycles. The first-order valence-corrected chi connectivity index (χ1v) is 8.51. The van der Waals surface area contributed by atoms with Gasteiger partial charge in [0.1, 0.15) is 5.52 Å². The van der Waals surface area contributed by atoms with E-state index in [1.165, 1.54) is 0 Å². The normalized spacial score (nSPS) is 13.6. The summed E-state index contributed by atoms with van der Waals surface area (Å²) in [6.45, 7) is 3.37. The Hall–Kier alpha value is -1.75. The van der Waals surface area contributed by atoms with Crippen molar-refractivity contribution in [2.45, 2.75) is 13.5 Å². The lowest BCUT2D eigenvalue weighted by molar-refractivity contribution is 0.112. The molecule has 2 heterocycles. The number of halogens is 3. The lowest BCUT2D eigenvalue weighted by atomic mass is 10.2. The van der Waals surface area contributed by atoms with Crippen molar-refractivity contribution in [1.29, 1.82) is 0 Å². The molecule has 0 amide bonds. The summed E-state index contributed by atoms with van der Waals surface area (Å²) < 4.78 is 2.01. The highest BCUT2D eigenvalue weighted by molar-refractivity contribution is 6.37. The van der Waals surface area contributed by atoms with E-state index in [0.29, 0.717) is 39.2 Å². The van der Waals surface area contributed by atoms with Gasteiger partial charge in [-0.2, -0.15) is 0 Å². The molecule has 3 aromatic rings. The molecular weight excluding hydrogens is 369 g/mol. The van der Waals surface area contributed by atoms with Gasteiger partial charge in [0, 0.05) is 23.7 Å². The van der Waals surface area contributed by atoms with Gasteiger partial charge in [0.15, 0.2) is 6.29 Å². The van der Waals surface area contributed by atoms with Crippen molar-refractivity contribution in [1.82, 2.24) is 9.55 Å². The van der Waals surface area contributed by atoms with Crippen molar-refractivity contribution in [2.75, 3.05) is 11.4 Å². The molecule has 0 spiro atoms. The van der Waals surface area contributed by atoms with Crippen molar-refractivity contribution in [3.63, 3.8) is 0 Å². The van der Waals surface area contributed by atoms with Crippen LogP contribution in [-0.4, -0.2) is 22.4 Å². The minimum absolute atomic E-state index is 0.524. The molecular formula is C17H12Cl3N3O. The van der Waals surface area contributed by atoms with E-state index in [1.807, 2.05) is 22.5 Å². The van der Waals surface area contributed by atoms with Crippen LogP contribution in [0.1, 0.15) is 15.9 Å². The minimum atomic E-state index is 0.524. The van der Waals surface area contributed by atoms with Crippen molar-refractivity contribution in [3.8, 4) is 0 Å². The highest BCUT2D eigenvalue weighted by Gasteiger charge is 2.29. The molecule has 0 bridgehead atoms. The molecule has 0 radical (unpaired) electrons. The summed E-state index contributed by atoms with van der Waals surface area (Å²) in [5, 5.41) is 1.69. The zero-order valence-electron chi connectivity index (χ0n) is 12.7. The Morgan fingerprint density at radius 2 is 1.92 bits per heavy atom. The van der Waals surface area contributed by atoms with Crippen LogP contribution >= 0.6 is 34.8 Å². The molecule has 0 fully saturated rings. The molecule has 0 saturated heterocycles. The SMILES string of the molecule is Cc1cc(Cl)cc(Cl)c1N1CCn2c1nc1c(Cl)ccc(C=O)c12. The first-order chi connectivity index (χ1) is 11.5. The number of imidazole rings is 1. The van der Waals surface area contributed by atoms with Crippen LogP contribution in [-0.2, 0) is 6.54 Å². The Morgan fingerprint density at radius 3 is 2.62 bits per heavy atom. The van der Waals surface area contributed by atoms with Gasteiger partial charge in [-0.3, -0.25) is 4.79 Å². The smallest absolute Gasteiger partial charge is 0.211 e. The Kier molecular flexibility index (Phi) is 3.71. The Morgan fingerprint density at radius 1 is 1.12 bits per heavy atom. The number of aldehydes is 1. The maximum absolute atomic E-state index is 11.4. The standard InChI is InChI=1S/C17H12Cl3N3O/c1-9-6-11(18)7-13(20)15(9)22-4-5-23-16-10(8-24)2-3-12(19)14(16)21-17(22)23/h2-3,6-8H,4-5H2,1H3. The van der Waals surface area contributed by atoms with Crippen LogP contribution in [0.25, 0.3) is 11.0 Å². The van der Waals surface area contributed by atoms with Gasteiger partial charge in [-0.15, -0.1) is 0 Å². The number of aromatic nitrogens is 2. The summed E-state index contributed by atoms with van der Waals surface area (Å²) in [6, 6.07) is 7.01. The number of hydrogen-bond acceptors (Lipinski definition) is 3. The minimum Gasteiger partial charge on any atom is -0.308 e. The average Bonchev–Trinajstić information content (AvgIpc) is 3.08. The van der Waals surface area contributed by atoms with E-state index in [-0.39, 0.29) is 0 Å². The highest BCUT2D eigenvalue weighted by atomic mass is 35.5. The first-order valence-electron chi connectivity index (χ1n) is 7.38. The van der Waals surface area contributed by atoms with Gasteiger partial charge in [-0.25, -0.2) is 4.98 Å². The third kappa shape index (κ3) is 2.21. The van der Waals surface area contributed by atoms with E-state index in [9.17, 15) is 4.79 Å². The van der Waals surface area contributed by atoms with E-state index in [2.05, 4.69) is 4.98 Å². The molecule has 4 nitrogen and oxygen atoms in total. The number of hydrogen-bond donors (Lipinski definition) is 0. The molecule has 7 heteroatoms. The van der Waals surface area contributed by atoms with Crippen LogP contribution in [0.3, 0.4) is 0 Å². The third-order valence-electron chi connectivity index (χ3n) is 4.26. The van der Waals surface area contributed by atoms with Crippen LogP contribution in [0.5, 0.6) is 0 Å². The number of anilines is 2. The van der Waals surface area contributed by atoms with Gasteiger partial charge in [0.2, 0.25) is 5.95 Å².